The van der Waals surface area contributed by atoms with Crippen molar-refractivity contribution in [3.8, 4) is 0 Å². The Morgan fingerprint density at radius 1 is 1.16 bits per heavy atom. The Labute approximate surface area is 187 Å². The van der Waals surface area contributed by atoms with E-state index >= 15 is 0 Å². The van der Waals surface area contributed by atoms with Gasteiger partial charge in [-0.1, -0.05) is 5.16 Å². The smallest absolute Gasteiger partial charge is 0.245 e. The number of hydrogen-bond acceptors (Lipinski definition) is 6. The summed E-state index contributed by atoms with van der Waals surface area (Å²) in [6.07, 6.45) is 3.74. The molecule has 0 saturated carbocycles. The molecule has 1 aromatic heterocycles. The Kier molecular flexibility index (Phi) is 6.45. The number of carbonyl (C=O) groups excluding carboxylic acids is 1. The van der Waals surface area contributed by atoms with Gasteiger partial charge in [-0.3, -0.25) is 4.79 Å². The van der Waals surface area contributed by atoms with Gasteiger partial charge in [0.05, 0.1) is 12.2 Å². The van der Waals surface area contributed by atoms with Crippen LogP contribution in [0.1, 0.15) is 35.3 Å². The molecule has 0 unspecified atom stereocenters. The highest BCUT2D eigenvalue weighted by Gasteiger charge is 2.37. The van der Waals surface area contributed by atoms with E-state index in [9.17, 15) is 22.8 Å². The maximum absolute atomic E-state index is 13.1. The zero-order valence-electron chi connectivity index (χ0n) is 17.9. The monoisotopic (exact) mass is 462 g/mol. The zero-order chi connectivity index (χ0) is 22.9. The first-order valence-electron chi connectivity index (χ1n) is 10.7. The summed E-state index contributed by atoms with van der Waals surface area (Å²) < 4.78 is 42.0. The van der Waals surface area contributed by atoms with Gasteiger partial charge < -0.3 is 14.7 Å². The number of rotatable bonds is 6. The highest BCUT2D eigenvalue weighted by atomic mass is 32.2. The van der Waals surface area contributed by atoms with Crippen molar-refractivity contribution in [2.24, 2.45) is 18.1 Å². The van der Waals surface area contributed by atoms with Gasteiger partial charge in [-0.05, 0) is 69.2 Å². The molecule has 2 aliphatic heterocycles. The van der Waals surface area contributed by atoms with Crippen molar-refractivity contribution in [3.63, 3.8) is 0 Å². The molecule has 2 aromatic rings. The Morgan fingerprint density at radius 2 is 1.84 bits per heavy atom. The van der Waals surface area contributed by atoms with Gasteiger partial charge in [0.2, 0.25) is 10.0 Å². The van der Waals surface area contributed by atoms with Gasteiger partial charge in [-0.25, -0.2) is 12.8 Å². The molecule has 0 aliphatic carbocycles. The van der Waals surface area contributed by atoms with E-state index in [1.54, 1.807) is 17.8 Å². The average molecular weight is 463 g/mol. The quantitative estimate of drug-likeness (QED) is 0.404. The third-order valence-corrected chi connectivity index (χ3v) is 8.22. The number of halogens is 1. The minimum atomic E-state index is -3.63. The number of benzene rings is 1. The fraction of sp³-hybridized carbons (Fsp3) is 0.455. The lowest BCUT2D eigenvalue weighted by atomic mass is 9.89. The summed E-state index contributed by atoms with van der Waals surface area (Å²) in [4.78, 5) is 15.0. The van der Waals surface area contributed by atoms with Crippen molar-refractivity contribution >= 4 is 21.5 Å². The SMILES string of the molecule is Cn1ccc2c1/C(=N/O)CN(CCCN1CCC(C(=O)c3ccc(F)cc3)CC1)S2(=O)=O. The third kappa shape index (κ3) is 4.35. The molecule has 10 heteroatoms. The van der Waals surface area contributed by atoms with Gasteiger partial charge in [-0.15, -0.1) is 0 Å². The molecule has 1 aromatic carbocycles. The highest BCUT2D eigenvalue weighted by molar-refractivity contribution is 7.89. The van der Waals surface area contributed by atoms with Gasteiger partial charge in [0.15, 0.2) is 5.78 Å². The number of aryl methyl sites for hydroxylation is 1. The molecule has 0 atom stereocenters. The number of carbonyl (C=O) groups is 1. The Hall–Kier alpha value is -2.56. The highest BCUT2D eigenvalue weighted by Crippen LogP contribution is 2.28. The molecule has 2 aliphatic rings. The van der Waals surface area contributed by atoms with E-state index in [0.29, 0.717) is 29.9 Å². The summed E-state index contributed by atoms with van der Waals surface area (Å²) in [6.45, 7) is 2.60. The predicted molar refractivity (Wildman–Crippen MR) is 117 cm³/mol. The molecule has 0 spiro atoms. The van der Waals surface area contributed by atoms with Crippen LogP contribution in [0.2, 0.25) is 0 Å². The van der Waals surface area contributed by atoms with Crippen molar-refractivity contribution in [2.75, 3.05) is 32.7 Å². The summed E-state index contributed by atoms with van der Waals surface area (Å²) in [5, 5.41) is 12.7. The second kappa shape index (κ2) is 9.13. The molecule has 0 radical (unpaired) electrons. The Balaban J connectivity index is 1.29. The summed E-state index contributed by atoms with van der Waals surface area (Å²) in [5.74, 6) is -0.370. The van der Waals surface area contributed by atoms with Crippen LogP contribution in [0.3, 0.4) is 0 Å². The first-order valence-corrected chi connectivity index (χ1v) is 12.1. The minimum absolute atomic E-state index is 0.0396. The van der Waals surface area contributed by atoms with Gasteiger partial charge in [0.1, 0.15) is 16.4 Å². The van der Waals surface area contributed by atoms with Crippen LogP contribution in [0.4, 0.5) is 4.39 Å². The van der Waals surface area contributed by atoms with Crippen LogP contribution in [0.25, 0.3) is 0 Å². The predicted octanol–water partition coefficient (Wildman–Crippen LogP) is 2.33. The third-order valence-electron chi connectivity index (χ3n) is 6.34. The Morgan fingerprint density at radius 3 is 2.50 bits per heavy atom. The summed E-state index contributed by atoms with van der Waals surface area (Å²) >= 11 is 0. The fourth-order valence-electron chi connectivity index (χ4n) is 4.54. The summed E-state index contributed by atoms with van der Waals surface area (Å²) in [5.41, 5.74) is 1.31. The molecule has 8 nitrogen and oxygen atoms in total. The second-order valence-electron chi connectivity index (χ2n) is 8.37. The summed E-state index contributed by atoms with van der Waals surface area (Å²) in [6, 6.07) is 7.21. The molecule has 4 rings (SSSR count). The van der Waals surface area contributed by atoms with Crippen molar-refractivity contribution in [3.05, 3.63) is 53.6 Å². The van der Waals surface area contributed by atoms with Crippen LogP contribution in [-0.2, 0) is 17.1 Å². The zero-order valence-corrected chi connectivity index (χ0v) is 18.8. The number of aromatic nitrogens is 1. The number of Topliss-reactive ketones (excluding diaryl/α,β-unsaturated/α-hetero) is 1. The number of sulfonamides is 1. The molecule has 1 N–H and O–H groups in total. The van der Waals surface area contributed by atoms with E-state index < -0.39 is 10.0 Å². The van der Waals surface area contributed by atoms with E-state index in [1.165, 1.54) is 34.6 Å². The number of oxime groups is 1. The number of fused-ring (bicyclic) bond motifs is 1. The second-order valence-corrected chi connectivity index (χ2v) is 10.3. The van der Waals surface area contributed by atoms with E-state index in [0.717, 1.165) is 32.5 Å². The number of nitrogens with zero attached hydrogens (tertiary/aromatic N) is 4. The molecule has 3 heterocycles. The number of piperidine rings is 1. The minimum Gasteiger partial charge on any atom is -0.411 e. The van der Waals surface area contributed by atoms with E-state index in [2.05, 4.69) is 10.1 Å². The lowest BCUT2D eigenvalue weighted by Crippen LogP contribution is -2.43. The number of likely N-dealkylation sites (tertiary alicyclic amines) is 1. The molecule has 172 valence electrons. The molecule has 32 heavy (non-hydrogen) atoms. The van der Waals surface area contributed by atoms with Crippen molar-refractivity contribution in [1.82, 2.24) is 13.8 Å². The summed E-state index contributed by atoms with van der Waals surface area (Å²) in [7, 11) is -1.91. The fourth-order valence-corrected chi connectivity index (χ4v) is 6.22. The van der Waals surface area contributed by atoms with Crippen LogP contribution < -0.4 is 0 Å². The van der Waals surface area contributed by atoms with Crippen molar-refractivity contribution in [2.45, 2.75) is 24.2 Å². The van der Waals surface area contributed by atoms with Gasteiger partial charge in [-0.2, -0.15) is 4.31 Å². The van der Waals surface area contributed by atoms with Crippen LogP contribution in [0.5, 0.6) is 0 Å². The van der Waals surface area contributed by atoms with Crippen LogP contribution in [0, 0.1) is 11.7 Å². The van der Waals surface area contributed by atoms with Gasteiger partial charge >= 0.3 is 0 Å². The number of ketones is 1. The Bertz CT molecular complexity index is 1120. The van der Waals surface area contributed by atoms with E-state index in [-0.39, 0.29) is 29.0 Å². The van der Waals surface area contributed by atoms with Gasteiger partial charge in [0, 0.05) is 31.3 Å². The van der Waals surface area contributed by atoms with Crippen LogP contribution in [-0.4, -0.2) is 71.6 Å². The standard InChI is InChI=1S/C22H27FN4O4S/c1-25-12-9-20-21(25)19(24-29)15-27(32(20,30)31)11-2-10-26-13-7-17(8-14-26)22(28)16-3-5-18(23)6-4-16/h3-6,9,12,17,29H,2,7-8,10-11,13-15H2,1H3/b24-19+. The number of hydrogen-bond donors (Lipinski definition) is 1. The lowest BCUT2D eigenvalue weighted by Gasteiger charge is -2.32. The molecule has 0 amide bonds. The molecule has 0 bridgehead atoms. The molecular formula is C22H27FN4O4S. The van der Waals surface area contributed by atoms with E-state index in [4.69, 9.17) is 0 Å². The van der Waals surface area contributed by atoms with Crippen LogP contribution in [0.15, 0.2) is 46.6 Å². The first kappa shape index (κ1) is 22.6. The maximum atomic E-state index is 13.1. The lowest BCUT2D eigenvalue weighted by molar-refractivity contribution is 0.0838. The van der Waals surface area contributed by atoms with Crippen molar-refractivity contribution < 1.29 is 22.8 Å². The van der Waals surface area contributed by atoms with E-state index in [1.807, 2.05) is 0 Å². The molecular weight excluding hydrogens is 435 g/mol. The van der Waals surface area contributed by atoms with Crippen LogP contribution >= 0.6 is 0 Å². The molecule has 1 saturated heterocycles. The molecule has 1 fully saturated rings. The van der Waals surface area contributed by atoms with Crippen molar-refractivity contribution in [1.29, 1.82) is 0 Å². The topological polar surface area (TPSA) is 95.2 Å². The van der Waals surface area contributed by atoms with Gasteiger partial charge in [0.25, 0.3) is 0 Å². The normalized spacial score (nSPS) is 21.0. The largest absolute Gasteiger partial charge is 0.411 e. The first-order chi connectivity index (χ1) is 15.3. The maximum Gasteiger partial charge on any atom is 0.245 e. The average Bonchev–Trinajstić information content (AvgIpc) is 3.19.